The van der Waals surface area contributed by atoms with Crippen molar-refractivity contribution in [1.29, 1.82) is 0 Å². The van der Waals surface area contributed by atoms with Crippen molar-refractivity contribution in [3.05, 3.63) is 24.4 Å². The molecule has 0 atom stereocenters. The van der Waals surface area contributed by atoms with Crippen molar-refractivity contribution < 1.29 is 27.9 Å². The number of hydrogen-bond donors (Lipinski definition) is 1. The molecule has 0 aliphatic carbocycles. The summed E-state index contributed by atoms with van der Waals surface area (Å²) >= 11 is 0. The highest BCUT2D eigenvalue weighted by Crippen LogP contribution is 2.20. The summed E-state index contributed by atoms with van der Waals surface area (Å²) in [5.41, 5.74) is 0. The Morgan fingerprint density at radius 1 is 1.21 bits per heavy atom. The van der Waals surface area contributed by atoms with Crippen molar-refractivity contribution in [1.82, 2.24) is 4.90 Å². The lowest BCUT2D eigenvalue weighted by Crippen LogP contribution is -2.54. The second-order valence-electron chi connectivity index (χ2n) is 4.18. The predicted molar refractivity (Wildman–Crippen MR) is 58.7 cm³/mol. The van der Waals surface area contributed by atoms with Gasteiger partial charge in [0.25, 0.3) is 0 Å². The Balaban J connectivity index is 2.00. The molecular weight excluding hydrogens is 263 g/mol. The molecule has 2 rings (SSSR count). The molecule has 0 aromatic carbocycles. The van der Waals surface area contributed by atoms with Crippen molar-refractivity contribution in [2.45, 2.75) is 6.18 Å². The highest BCUT2D eigenvalue weighted by atomic mass is 19.4. The van der Waals surface area contributed by atoms with Crippen molar-refractivity contribution in [3.8, 4) is 0 Å². The number of carbonyl (C=O) groups excluding carboxylic acids is 1. The maximum absolute atomic E-state index is 12.3. The van der Waals surface area contributed by atoms with Gasteiger partial charge in [-0.3, -0.25) is 9.69 Å². The number of hydrogen-bond acceptors (Lipinski definition) is 3. The number of anilines is 1. The fraction of sp³-hybridized carbons (Fsp3) is 0.455. The molecule has 1 aliphatic rings. The Hall–Kier alpha value is -1.99. The van der Waals surface area contributed by atoms with Crippen molar-refractivity contribution in [2.24, 2.45) is 0 Å². The summed E-state index contributed by atoms with van der Waals surface area (Å²) in [4.78, 5) is 13.6. The fourth-order valence-corrected chi connectivity index (χ4v) is 1.99. The first-order valence-corrected chi connectivity index (χ1v) is 5.70. The minimum absolute atomic E-state index is 0.0206. The molecule has 2 heterocycles. The molecule has 0 bridgehead atoms. The number of piperazine rings is 1. The van der Waals surface area contributed by atoms with Crippen LogP contribution in [-0.2, 0) is 4.79 Å². The number of pyridine rings is 1. The van der Waals surface area contributed by atoms with E-state index >= 15 is 0 Å². The number of carbonyl (C=O) groups is 1. The van der Waals surface area contributed by atoms with Crippen LogP contribution in [0.1, 0.15) is 0 Å². The summed E-state index contributed by atoms with van der Waals surface area (Å²) in [6, 6.07) is 5.00. The Bertz CT molecular complexity index is 470. The van der Waals surface area contributed by atoms with Crippen molar-refractivity contribution in [2.75, 3.05) is 31.1 Å². The van der Waals surface area contributed by atoms with Crippen LogP contribution < -0.4 is 9.63 Å². The highest BCUT2D eigenvalue weighted by Gasteiger charge is 2.44. The number of alkyl halides is 3. The van der Waals surface area contributed by atoms with E-state index in [0.29, 0.717) is 5.82 Å². The molecule has 1 amide bonds. The third kappa shape index (κ3) is 2.88. The zero-order valence-electron chi connectivity index (χ0n) is 9.97. The Morgan fingerprint density at radius 3 is 2.37 bits per heavy atom. The van der Waals surface area contributed by atoms with E-state index in [1.165, 1.54) is 6.20 Å². The topological polar surface area (TPSA) is 47.7 Å². The Kier molecular flexibility index (Phi) is 3.50. The maximum Gasteiger partial charge on any atom is 0.471 e. The number of aromatic nitrogens is 1. The van der Waals surface area contributed by atoms with Gasteiger partial charge in [0.05, 0.1) is 13.1 Å². The number of amides is 1. The first-order valence-electron chi connectivity index (χ1n) is 5.70. The first-order chi connectivity index (χ1) is 8.89. The number of rotatable bonds is 1. The van der Waals surface area contributed by atoms with Crippen LogP contribution in [0.15, 0.2) is 24.4 Å². The predicted octanol–water partition coefficient (Wildman–Crippen LogP) is 0.422. The van der Waals surface area contributed by atoms with Crippen LogP contribution in [0.3, 0.4) is 0 Å². The summed E-state index contributed by atoms with van der Waals surface area (Å²) in [7, 11) is 0. The van der Waals surface area contributed by atoms with Gasteiger partial charge < -0.3 is 10.1 Å². The molecule has 1 aromatic heterocycles. The van der Waals surface area contributed by atoms with Gasteiger partial charge in [-0.1, -0.05) is 10.8 Å². The largest absolute Gasteiger partial charge is 0.471 e. The summed E-state index contributed by atoms with van der Waals surface area (Å²) in [5, 5.41) is 9.58. The molecule has 0 saturated carbocycles. The van der Waals surface area contributed by atoms with E-state index in [4.69, 9.17) is 0 Å². The lowest BCUT2D eigenvalue weighted by atomic mass is 10.3. The molecule has 0 radical (unpaired) electrons. The monoisotopic (exact) mass is 276 g/mol. The average Bonchev–Trinajstić information content (AvgIpc) is 2.38. The molecular formula is C11H13F3N3O2+. The molecule has 1 saturated heterocycles. The molecule has 1 N–H and O–H groups in total. The van der Waals surface area contributed by atoms with Gasteiger partial charge in [0.2, 0.25) is 0 Å². The van der Waals surface area contributed by atoms with Gasteiger partial charge >= 0.3 is 17.9 Å². The van der Waals surface area contributed by atoms with E-state index in [1.54, 1.807) is 23.1 Å². The lowest BCUT2D eigenvalue weighted by Gasteiger charge is -2.31. The minimum atomic E-state index is -4.83. The number of halogens is 3. The molecule has 104 valence electrons. The van der Waals surface area contributed by atoms with Crippen LogP contribution in [-0.4, -0.2) is 48.4 Å². The van der Waals surface area contributed by atoms with E-state index in [2.05, 4.69) is 0 Å². The van der Waals surface area contributed by atoms with Gasteiger partial charge in [0.15, 0.2) is 0 Å². The first kappa shape index (κ1) is 13.4. The van der Waals surface area contributed by atoms with Gasteiger partial charge in [0, 0.05) is 6.07 Å². The molecule has 1 fully saturated rings. The molecule has 19 heavy (non-hydrogen) atoms. The zero-order valence-corrected chi connectivity index (χ0v) is 9.97. The van der Waals surface area contributed by atoms with Crippen LogP contribution >= 0.6 is 0 Å². The standard InChI is InChI=1S/C11H13F3N3O2/c12-11(13,14)10(18)16-7-5-15(6-8-16)9-3-1-2-4-17(9)19/h1-4,19H,5-8H2/q+1. The van der Waals surface area contributed by atoms with Gasteiger partial charge in [-0.15, -0.1) is 0 Å². The lowest BCUT2D eigenvalue weighted by molar-refractivity contribution is -0.894. The molecule has 0 spiro atoms. The van der Waals surface area contributed by atoms with Crippen LogP contribution in [0, 0.1) is 0 Å². The molecule has 1 aliphatic heterocycles. The Labute approximate surface area is 107 Å². The normalized spacial score (nSPS) is 16.6. The third-order valence-electron chi connectivity index (χ3n) is 2.95. The fourth-order valence-electron chi connectivity index (χ4n) is 1.99. The van der Waals surface area contributed by atoms with E-state index in [0.717, 1.165) is 9.63 Å². The van der Waals surface area contributed by atoms with Crippen molar-refractivity contribution in [3.63, 3.8) is 0 Å². The van der Waals surface area contributed by atoms with Crippen LogP contribution in [0.25, 0.3) is 0 Å². The van der Waals surface area contributed by atoms with Gasteiger partial charge in [0.1, 0.15) is 19.3 Å². The maximum atomic E-state index is 12.3. The summed E-state index contributed by atoms with van der Waals surface area (Å²) < 4.78 is 37.7. The summed E-state index contributed by atoms with van der Waals surface area (Å²) in [6.45, 7) is 0.444. The molecule has 0 unspecified atom stereocenters. The van der Waals surface area contributed by atoms with E-state index in [-0.39, 0.29) is 26.2 Å². The van der Waals surface area contributed by atoms with Gasteiger partial charge in [-0.05, 0) is 6.07 Å². The van der Waals surface area contributed by atoms with Gasteiger partial charge in [-0.2, -0.15) is 13.2 Å². The minimum Gasteiger partial charge on any atom is -0.350 e. The van der Waals surface area contributed by atoms with E-state index < -0.39 is 12.1 Å². The third-order valence-corrected chi connectivity index (χ3v) is 2.95. The van der Waals surface area contributed by atoms with Crippen molar-refractivity contribution >= 4 is 11.7 Å². The Morgan fingerprint density at radius 2 is 1.84 bits per heavy atom. The number of nitrogens with zero attached hydrogens (tertiary/aromatic N) is 3. The van der Waals surface area contributed by atoms with E-state index in [9.17, 15) is 23.2 Å². The van der Waals surface area contributed by atoms with Crippen LogP contribution in [0.5, 0.6) is 0 Å². The van der Waals surface area contributed by atoms with Gasteiger partial charge in [-0.25, -0.2) is 0 Å². The molecule has 5 nitrogen and oxygen atoms in total. The summed E-state index contributed by atoms with van der Waals surface area (Å²) in [5.74, 6) is -1.32. The van der Waals surface area contributed by atoms with Crippen LogP contribution in [0.2, 0.25) is 0 Å². The smallest absolute Gasteiger partial charge is 0.350 e. The van der Waals surface area contributed by atoms with Crippen LogP contribution in [0.4, 0.5) is 19.0 Å². The van der Waals surface area contributed by atoms with E-state index in [1.807, 2.05) is 0 Å². The second kappa shape index (κ2) is 4.94. The highest BCUT2D eigenvalue weighted by molar-refractivity contribution is 5.82. The molecule has 1 aromatic rings. The quantitative estimate of drug-likeness (QED) is 0.597. The average molecular weight is 276 g/mol. The second-order valence-corrected chi connectivity index (χ2v) is 4.18. The SMILES string of the molecule is O=C(N1CCN(c2cccc[n+]2O)CC1)C(F)(F)F. The zero-order chi connectivity index (χ0) is 14.0. The summed E-state index contributed by atoms with van der Waals surface area (Å²) in [6.07, 6.45) is -3.39. The molecule has 8 heteroatoms.